The van der Waals surface area contributed by atoms with Gasteiger partial charge < -0.3 is 10.6 Å². The number of benzene rings is 2. The third kappa shape index (κ3) is 6.09. The molecule has 0 bridgehead atoms. The topological polar surface area (TPSA) is 54.2 Å². The minimum Gasteiger partial charge on any atom is -0.352 e. The molecule has 0 atom stereocenters. The van der Waals surface area contributed by atoms with Crippen LogP contribution in [0.25, 0.3) is 0 Å². The monoisotopic (exact) mass is 475 g/mol. The fourth-order valence-corrected chi connectivity index (χ4v) is 2.56. The molecule has 0 aliphatic heterocycles. The van der Waals surface area contributed by atoms with Gasteiger partial charge in [-0.05, 0) is 31.5 Å². The average Bonchev–Trinajstić information content (AvgIpc) is 2.98. The Labute approximate surface area is 177 Å². The summed E-state index contributed by atoms with van der Waals surface area (Å²) < 4.78 is 1.88. The first-order chi connectivity index (χ1) is 12.6. The van der Waals surface area contributed by atoms with Crippen LogP contribution < -0.4 is 10.6 Å². The number of hydrogen-bond acceptors (Lipinski definition) is 2. The summed E-state index contributed by atoms with van der Waals surface area (Å²) in [6, 6.07) is 18.5. The summed E-state index contributed by atoms with van der Waals surface area (Å²) in [6.07, 6.45) is 1.89. The molecule has 0 radical (unpaired) electrons. The van der Waals surface area contributed by atoms with Crippen LogP contribution in [0.4, 0.5) is 5.69 Å². The number of halogens is 1. The Morgan fingerprint density at radius 3 is 2.37 bits per heavy atom. The van der Waals surface area contributed by atoms with Crippen LogP contribution in [0, 0.1) is 13.8 Å². The van der Waals surface area contributed by atoms with Crippen molar-refractivity contribution in [3.63, 3.8) is 0 Å². The van der Waals surface area contributed by atoms with Gasteiger partial charge in [-0.15, -0.1) is 24.0 Å². The van der Waals surface area contributed by atoms with Crippen LogP contribution in [0.15, 0.2) is 65.8 Å². The van der Waals surface area contributed by atoms with Gasteiger partial charge in [0.2, 0.25) is 0 Å². The standard InChI is InChI=1S/C21H25N5.HI/c1-16-9-11-18(12-10-16)13-22-21(25-20-7-5-4-6-8-20)23-14-19-15-24-26(3)17(19)2;/h4-12,15H,13-14H2,1-3H3,(H2,22,23,25);1H. The van der Waals surface area contributed by atoms with Crippen molar-refractivity contribution >= 4 is 35.6 Å². The number of rotatable bonds is 5. The molecule has 1 heterocycles. The van der Waals surface area contributed by atoms with Crippen molar-refractivity contribution in [2.75, 3.05) is 5.32 Å². The fourth-order valence-electron chi connectivity index (χ4n) is 2.56. The molecule has 2 N–H and O–H groups in total. The molecule has 1 aromatic heterocycles. The molecule has 3 aromatic rings. The lowest BCUT2D eigenvalue weighted by Crippen LogP contribution is -2.30. The van der Waals surface area contributed by atoms with Crippen LogP contribution in [0.2, 0.25) is 0 Å². The van der Waals surface area contributed by atoms with Gasteiger partial charge in [-0.2, -0.15) is 5.10 Å². The summed E-state index contributed by atoms with van der Waals surface area (Å²) >= 11 is 0. The molecular weight excluding hydrogens is 449 g/mol. The van der Waals surface area contributed by atoms with E-state index in [2.05, 4.69) is 53.8 Å². The van der Waals surface area contributed by atoms with E-state index in [1.165, 1.54) is 11.1 Å². The number of aryl methyl sites for hydroxylation is 2. The number of anilines is 1. The molecule has 0 saturated carbocycles. The molecule has 0 unspecified atom stereocenters. The SMILES string of the molecule is Cc1ccc(CN=C(NCc2cnn(C)c2C)Nc2ccccc2)cc1.I. The van der Waals surface area contributed by atoms with Gasteiger partial charge in [0, 0.05) is 30.5 Å². The third-order valence-electron chi connectivity index (χ3n) is 4.36. The van der Waals surface area contributed by atoms with E-state index in [1.807, 2.05) is 48.3 Å². The number of hydrogen-bond donors (Lipinski definition) is 2. The van der Waals surface area contributed by atoms with E-state index in [-0.39, 0.29) is 24.0 Å². The molecule has 6 heteroatoms. The van der Waals surface area contributed by atoms with Crippen molar-refractivity contribution in [3.05, 3.63) is 83.2 Å². The number of nitrogens with one attached hydrogen (secondary N) is 2. The number of aromatic nitrogens is 2. The van der Waals surface area contributed by atoms with Crippen LogP contribution in [0.3, 0.4) is 0 Å². The first-order valence-corrected chi connectivity index (χ1v) is 8.75. The molecule has 0 amide bonds. The van der Waals surface area contributed by atoms with E-state index < -0.39 is 0 Å². The number of nitrogens with zero attached hydrogens (tertiary/aromatic N) is 3. The maximum atomic E-state index is 4.74. The van der Waals surface area contributed by atoms with Crippen molar-refractivity contribution in [3.8, 4) is 0 Å². The van der Waals surface area contributed by atoms with Crippen LogP contribution in [0.5, 0.6) is 0 Å². The summed E-state index contributed by atoms with van der Waals surface area (Å²) in [7, 11) is 1.95. The van der Waals surface area contributed by atoms with E-state index in [9.17, 15) is 0 Å². The van der Waals surface area contributed by atoms with Crippen molar-refractivity contribution < 1.29 is 0 Å². The van der Waals surface area contributed by atoms with Gasteiger partial charge in [0.25, 0.3) is 0 Å². The summed E-state index contributed by atoms with van der Waals surface area (Å²) in [6.45, 7) is 5.45. The second-order valence-electron chi connectivity index (χ2n) is 6.37. The quantitative estimate of drug-likeness (QED) is 0.327. The van der Waals surface area contributed by atoms with Crippen LogP contribution >= 0.6 is 24.0 Å². The van der Waals surface area contributed by atoms with Crippen molar-refractivity contribution in [2.45, 2.75) is 26.9 Å². The van der Waals surface area contributed by atoms with Crippen molar-refractivity contribution in [1.29, 1.82) is 0 Å². The van der Waals surface area contributed by atoms with Gasteiger partial charge in [-0.1, -0.05) is 48.0 Å². The molecular formula is C21H26IN5. The molecule has 0 fully saturated rings. The summed E-state index contributed by atoms with van der Waals surface area (Å²) in [5.74, 6) is 0.750. The van der Waals surface area contributed by atoms with Crippen LogP contribution in [0.1, 0.15) is 22.4 Å². The molecule has 3 rings (SSSR count). The van der Waals surface area contributed by atoms with Crippen molar-refractivity contribution in [2.24, 2.45) is 12.0 Å². The van der Waals surface area contributed by atoms with Gasteiger partial charge in [-0.3, -0.25) is 4.68 Å². The van der Waals surface area contributed by atoms with E-state index in [4.69, 9.17) is 4.99 Å². The highest BCUT2D eigenvalue weighted by molar-refractivity contribution is 14.0. The molecule has 0 saturated heterocycles. The Bertz CT molecular complexity index is 869. The highest BCUT2D eigenvalue weighted by Gasteiger charge is 2.06. The maximum absolute atomic E-state index is 4.74. The minimum atomic E-state index is 0. The van der Waals surface area contributed by atoms with Crippen LogP contribution in [-0.2, 0) is 20.1 Å². The van der Waals surface area contributed by atoms with E-state index >= 15 is 0 Å². The van der Waals surface area contributed by atoms with Gasteiger partial charge in [0.15, 0.2) is 5.96 Å². The van der Waals surface area contributed by atoms with Gasteiger partial charge >= 0.3 is 0 Å². The summed E-state index contributed by atoms with van der Waals surface area (Å²) in [5, 5.41) is 11.1. The molecule has 2 aromatic carbocycles. The molecule has 142 valence electrons. The molecule has 0 spiro atoms. The lowest BCUT2D eigenvalue weighted by atomic mass is 10.1. The second kappa shape index (κ2) is 10.1. The Kier molecular flexibility index (Phi) is 7.84. The molecule has 27 heavy (non-hydrogen) atoms. The first-order valence-electron chi connectivity index (χ1n) is 8.75. The van der Waals surface area contributed by atoms with E-state index in [0.717, 1.165) is 22.9 Å². The maximum Gasteiger partial charge on any atom is 0.196 e. The third-order valence-corrected chi connectivity index (χ3v) is 4.36. The number of para-hydroxylation sites is 1. The zero-order chi connectivity index (χ0) is 18.4. The molecule has 5 nitrogen and oxygen atoms in total. The Morgan fingerprint density at radius 1 is 1.04 bits per heavy atom. The fraction of sp³-hybridized carbons (Fsp3) is 0.238. The minimum absolute atomic E-state index is 0. The van der Waals surface area contributed by atoms with Crippen molar-refractivity contribution in [1.82, 2.24) is 15.1 Å². The average molecular weight is 475 g/mol. The highest BCUT2D eigenvalue weighted by atomic mass is 127. The Morgan fingerprint density at radius 2 is 1.74 bits per heavy atom. The summed E-state index contributed by atoms with van der Waals surface area (Å²) in [5.41, 5.74) is 5.75. The van der Waals surface area contributed by atoms with E-state index in [0.29, 0.717) is 13.1 Å². The first kappa shape index (κ1) is 21.0. The highest BCUT2D eigenvalue weighted by Crippen LogP contribution is 2.09. The lowest BCUT2D eigenvalue weighted by molar-refractivity contribution is 0.736. The molecule has 0 aliphatic rings. The van der Waals surface area contributed by atoms with E-state index in [1.54, 1.807) is 0 Å². The number of guanidine groups is 1. The largest absolute Gasteiger partial charge is 0.352 e. The predicted octanol–water partition coefficient (Wildman–Crippen LogP) is 4.41. The van der Waals surface area contributed by atoms with Gasteiger partial charge in [0.05, 0.1) is 12.7 Å². The zero-order valence-electron chi connectivity index (χ0n) is 15.9. The van der Waals surface area contributed by atoms with Gasteiger partial charge in [-0.25, -0.2) is 4.99 Å². The van der Waals surface area contributed by atoms with Crippen LogP contribution in [-0.4, -0.2) is 15.7 Å². The Hall–Kier alpha value is -2.35. The lowest BCUT2D eigenvalue weighted by Gasteiger charge is -2.13. The second-order valence-corrected chi connectivity index (χ2v) is 6.37. The molecule has 0 aliphatic carbocycles. The smallest absolute Gasteiger partial charge is 0.196 e. The zero-order valence-corrected chi connectivity index (χ0v) is 18.3. The summed E-state index contributed by atoms with van der Waals surface area (Å²) in [4.78, 5) is 4.74. The predicted molar refractivity (Wildman–Crippen MR) is 123 cm³/mol. The Balaban J connectivity index is 0.00000261. The van der Waals surface area contributed by atoms with Gasteiger partial charge in [0.1, 0.15) is 0 Å². The normalized spacial score (nSPS) is 11.0. The number of aliphatic imine (C=N–C) groups is 1.